The molecular weight excluding hydrogens is 266 g/mol. The van der Waals surface area contributed by atoms with Crippen LogP contribution in [0.3, 0.4) is 0 Å². The van der Waals surface area contributed by atoms with Crippen LogP contribution in [-0.4, -0.2) is 30.9 Å². The molecule has 19 heavy (non-hydrogen) atoms. The Morgan fingerprint density at radius 1 is 1.21 bits per heavy atom. The Balaban J connectivity index is 3.12. The Morgan fingerprint density at radius 3 is 2.05 bits per heavy atom. The van der Waals surface area contributed by atoms with E-state index in [1.807, 2.05) is 0 Å². The summed E-state index contributed by atoms with van der Waals surface area (Å²) in [5, 5.41) is 26.5. The lowest BCUT2D eigenvalue weighted by molar-refractivity contribution is 0.199. The molecule has 0 radical (unpaired) electrons. The van der Waals surface area contributed by atoms with Crippen molar-refractivity contribution in [3.05, 3.63) is 29.8 Å². The highest BCUT2D eigenvalue weighted by Crippen LogP contribution is 2.19. The van der Waals surface area contributed by atoms with Gasteiger partial charge in [-0.15, -0.1) is 0 Å². The lowest BCUT2D eigenvalue weighted by Crippen LogP contribution is -2.31. The van der Waals surface area contributed by atoms with Gasteiger partial charge >= 0.3 is 0 Å². The van der Waals surface area contributed by atoms with Gasteiger partial charge in [-0.3, -0.25) is 0 Å². The zero-order valence-electron chi connectivity index (χ0n) is 10.3. The quantitative estimate of drug-likeness (QED) is 0.802. The summed E-state index contributed by atoms with van der Waals surface area (Å²) in [6.07, 6.45) is -0.689. The third kappa shape index (κ3) is 3.52. The van der Waals surface area contributed by atoms with Gasteiger partial charge in [0.2, 0.25) is 10.0 Å². The molecule has 0 aliphatic rings. The largest absolute Gasteiger partial charge is 0.389 e. The van der Waals surface area contributed by atoms with Crippen molar-refractivity contribution in [1.29, 1.82) is 10.5 Å². The number of aliphatic hydroxyl groups excluding tert-OH is 1. The smallest absolute Gasteiger partial charge is 0.244 e. The van der Waals surface area contributed by atoms with E-state index in [1.54, 1.807) is 19.1 Å². The van der Waals surface area contributed by atoms with E-state index in [1.165, 1.54) is 24.3 Å². The standard InChI is InChI=1S/C12H13N3O3S/c1-10(16)11-2-4-12(5-3-11)19(17,18)15(8-6-13)9-7-14/h2-5,10,16H,8-9H2,1H3. The van der Waals surface area contributed by atoms with Crippen molar-refractivity contribution in [3.8, 4) is 12.1 Å². The number of benzene rings is 1. The molecule has 100 valence electrons. The van der Waals surface area contributed by atoms with Gasteiger partial charge in [0.1, 0.15) is 13.1 Å². The summed E-state index contributed by atoms with van der Waals surface area (Å²) in [4.78, 5) is -0.0117. The van der Waals surface area contributed by atoms with Crippen molar-refractivity contribution in [2.24, 2.45) is 0 Å². The Kier molecular flexibility index (Phi) is 5.02. The summed E-state index contributed by atoms with van der Waals surface area (Å²) >= 11 is 0. The van der Waals surface area contributed by atoms with Crippen molar-refractivity contribution in [1.82, 2.24) is 4.31 Å². The Hall–Kier alpha value is -1.93. The first-order valence-electron chi connectivity index (χ1n) is 5.45. The maximum Gasteiger partial charge on any atom is 0.244 e. The van der Waals surface area contributed by atoms with Crippen LogP contribution in [0.5, 0.6) is 0 Å². The van der Waals surface area contributed by atoms with E-state index in [0.717, 1.165) is 4.31 Å². The van der Waals surface area contributed by atoms with E-state index >= 15 is 0 Å². The number of rotatable bonds is 5. The molecule has 0 spiro atoms. The van der Waals surface area contributed by atoms with Gasteiger partial charge < -0.3 is 5.11 Å². The van der Waals surface area contributed by atoms with Crippen molar-refractivity contribution in [3.63, 3.8) is 0 Å². The van der Waals surface area contributed by atoms with E-state index in [2.05, 4.69) is 0 Å². The van der Waals surface area contributed by atoms with Crippen LogP contribution in [0.25, 0.3) is 0 Å². The molecule has 1 unspecified atom stereocenters. The molecule has 1 rings (SSSR count). The van der Waals surface area contributed by atoms with Crippen LogP contribution in [0.1, 0.15) is 18.6 Å². The van der Waals surface area contributed by atoms with Gasteiger partial charge in [0.05, 0.1) is 23.1 Å². The molecule has 0 saturated carbocycles. The summed E-state index contributed by atoms with van der Waals surface area (Å²) < 4.78 is 25.1. The molecule has 1 aromatic carbocycles. The summed E-state index contributed by atoms with van der Waals surface area (Å²) in [6, 6.07) is 9.11. The first kappa shape index (κ1) is 15.1. The van der Waals surface area contributed by atoms with Crippen molar-refractivity contribution >= 4 is 10.0 Å². The van der Waals surface area contributed by atoms with Gasteiger partial charge in [-0.05, 0) is 24.6 Å². The summed E-state index contributed by atoms with van der Waals surface area (Å²) in [5.41, 5.74) is 0.589. The molecule has 0 aliphatic heterocycles. The van der Waals surface area contributed by atoms with Crippen LogP contribution in [-0.2, 0) is 10.0 Å². The molecule has 7 heteroatoms. The minimum absolute atomic E-state index is 0.0117. The molecule has 0 amide bonds. The predicted molar refractivity (Wildman–Crippen MR) is 67.1 cm³/mol. The topological polar surface area (TPSA) is 105 Å². The first-order valence-corrected chi connectivity index (χ1v) is 6.89. The monoisotopic (exact) mass is 279 g/mol. The Labute approximate surface area is 112 Å². The number of aliphatic hydroxyl groups is 1. The number of sulfonamides is 1. The molecular formula is C12H13N3O3S. The van der Waals surface area contributed by atoms with Gasteiger partial charge in [-0.1, -0.05) is 12.1 Å². The third-order valence-electron chi connectivity index (χ3n) is 2.49. The lowest BCUT2D eigenvalue weighted by atomic mass is 10.1. The molecule has 0 aromatic heterocycles. The van der Waals surface area contributed by atoms with Gasteiger partial charge in [0, 0.05) is 0 Å². The molecule has 6 nitrogen and oxygen atoms in total. The predicted octanol–water partition coefficient (Wildman–Crippen LogP) is 0.778. The van der Waals surface area contributed by atoms with Crippen LogP contribution in [0.15, 0.2) is 29.2 Å². The average molecular weight is 279 g/mol. The molecule has 1 aromatic rings. The van der Waals surface area contributed by atoms with Gasteiger partial charge in [-0.25, -0.2) is 8.42 Å². The second kappa shape index (κ2) is 6.30. The van der Waals surface area contributed by atoms with Crippen LogP contribution >= 0.6 is 0 Å². The van der Waals surface area contributed by atoms with Crippen molar-refractivity contribution in [2.75, 3.05) is 13.1 Å². The molecule has 0 bridgehead atoms. The van der Waals surface area contributed by atoms with Gasteiger partial charge in [-0.2, -0.15) is 14.8 Å². The molecule has 0 aliphatic carbocycles. The fourth-order valence-electron chi connectivity index (χ4n) is 1.45. The average Bonchev–Trinajstić information content (AvgIpc) is 2.38. The summed E-state index contributed by atoms with van der Waals surface area (Å²) in [7, 11) is -3.86. The van der Waals surface area contributed by atoms with E-state index in [0.29, 0.717) is 5.56 Å². The minimum atomic E-state index is -3.86. The van der Waals surface area contributed by atoms with Crippen LogP contribution in [0.2, 0.25) is 0 Å². The second-order valence-electron chi connectivity index (χ2n) is 3.83. The number of hydrogen-bond donors (Lipinski definition) is 1. The molecule has 0 heterocycles. The minimum Gasteiger partial charge on any atom is -0.389 e. The molecule has 0 saturated heterocycles. The van der Waals surface area contributed by atoms with Crippen molar-refractivity contribution < 1.29 is 13.5 Å². The SMILES string of the molecule is CC(O)c1ccc(S(=O)(=O)N(CC#N)CC#N)cc1. The van der Waals surface area contributed by atoms with Crippen molar-refractivity contribution in [2.45, 2.75) is 17.9 Å². The highest BCUT2D eigenvalue weighted by atomic mass is 32.2. The maximum atomic E-state index is 12.2. The normalized spacial score (nSPS) is 12.7. The zero-order chi connectivity index (χ0) is 14.5. The highest BCUT2D eigenvalue weighted by Gasteiger charge is 2.24. The molecule has 1 N–H and O–H groups in total. The van der Waals surface area contributed by atoms with Gasteiger partial charge in [0.25, 0.3) is 0 Å². The lowest BCUT2D eigenvalue weighted by Gasteiger charge is -2.16. The number of nitriles is 2. The first-order chi connectivity index (χ1) is 8.93. The van der Waals surface area contributed by atoms with E-state index < -0.39 is 16.1 Å². The number of nitrogens with zero attached hydrogens (tertiary/aromatic N) is 3. The van der Waals surface area contributed by atoms with Crippen LogP contribution in [0.4, 0.5) is 0 Å². The van der Waals surface area contributed by atoms with Crippen LogP contribution in [0, 0.1) is 22.7 Å². The summed E-state index contributed by atoms with van der Waals surface area (Å²) in [5.74, 6) is 0. The number of hydrogen-bond acceptors (Lipinski definition) is 5. The Bertz CT molecular complexity index is 593. The highest BCUT2D eigenvalue weighted by molar-refractivity contribution is 7.89. The Morgan fingerprint density at radius 2 is 1.68 bits per heavy atom. The maximum absolute atomic E-state index is 12.2. The van der Waals surface area contributed by atoms with E-state index in [-0.39, 0.29) is 18.0 Å². The molecule has 1 atom stereocenters. The summed E-state index contributed by atoms with van der Waals surface area (Å²) in [6.45, 7) is 0.809. The van der Waals surface area contributed by atoms with E-state index in [9.17, 15) is 13.5 Å². The van der Waals surface area contributed by atoms with E-state index in [4.69, 9.17) is 10.5 Å². The third-order valence-corrected chi connectivity index (χ3v) is 4.30. The fraction of sp³-hybridized carbons (Fsp3) is 0.333. The fourth-order valence-corrected chi connectivity index (χ4v) is 2.68. The zero-order valence-corrected chi connectivity index (χ0v) is 11.1. The van der Waals surface area contributed by atoms with Gasteiger partial charge in [0.15, 0.2) is 0 Å². The second-order valence-corrected chi connectivity index (χ2v) is 5.77. The van der Waals surface area contributed by atoms with Crippen LogP contribution < -0.4 is 0 Å². The molecule has 0 fully saturated rings.